The molecule has 4 heteroatoms. The molecule has 0 saturated carbocycles. The molecule has 3 rings (SSSR count). The first-order valence-corrected chi connectivity index (χ1v) is 8.38. The van der Waals surface area contributed by atoms with Gasteiger partial charge in [-0.15, -0.1) is 0 Å². The van der Waals surface area contributed by atoms with E-state index in [9.17, 15) is 9.59 Å². The number of rotatable bonds is 6. The first kappa shape index (κ1) is 16.2. The Kier molecular flexibility index (Phi) is 4.94. The maximum absolute atomic E-state index is 12.4. The molecule has 1 heterocycles. The minimum Gasteiger partial charge on any atom is -0.399 e. The summed E-state index contributed by atoms with van der Waals surface area (Å²) < 4.78 is 0. The molecule has 0 aromatic heterocycles. The fourth-order valence-corrected chi connectivity index (χ4v) is 3.07. The van der Waals surface area contributed by atoms with Crippen LogP contribution >= 0.6 is 0 Å². The maximum Gasteiger partial charge on any atom is 0.227 e. The van der Waals surface area contributed by atoms with E-state index in [1.54, 1.807) is 0 Å². The second-order valence-corrected chi connectivity index (χ2v) is 6.20. The molecule has 0 fully saturated rings. The fraction of sp³-hybridized carbons (Fsp3) is 0.300. The summed E-state index contributed by atoms with van der Waals surface area (Å²) in [6.45, 7) is 0.720. The highest BCUT2D eigenvalue weighted by Crippen LogP contribution is 2.28. The van der Waals surface area contributed by atoms with Gasteiger partial charge in [-0.1, -0.05) is 30.3 Å². The van der Waals surface area contributed by atoms with Gasteiger partial charge in [0, 0.05) is 37.2 Å². The monoisotopic (exact) mass is 322 g/mol. The summed E-state index contributed by atoms with van der Waals surface area (Å²) in [7, 11) is 0. The van der Waals surface area contributed by atoms with Crippen molar-refractivity contribution in [2.24, 2.45) is 0 Å². The second kappa shape index (κ2) is 7.30. The van der Waals surface area contributed by atoms with Crippen molar-refractivity contribution < 1.29 is 9.59 Å². The molecule has 0 saturated heterocycles. The summed E-state index contributed by atoms with van der Waals surface area (Å²) in [5, 5.41) is 0. The molecule has 1 aliphatic heterocycles. The highest BCUT2D eigenvalue weighted by Gasteiger charge is 2.24. The van der Waals surface area contributed by atoms with Gasteiger partial charge in [-0.05, 0) is 42.2 Å². The zero-order valence-electron chi connectivity index (χ0n) is 13.7. The van der Waals surface area contributed by atoms with Crippen molar-refractivity contribution in [1.29, 1.82) is 0 Å². The number of nitrogens with zero attached hydrogens (tertiary/aromatic N) is 1. The average molecular weight is 322 g/mol. The van der Waals surface area contributed by atoms with Crippen molar-refractivity contribution in [2.45, 2.75) is 32.1 Å². The molecule has 0 radical (unpaired) electrons. The van der Waals surface area contributed by atoms with Crippen LogP contribution in [0.15, 0.2) is 48.5 Å². The third kappa shape index (κ3) is 3.82. The standard InChI is InChI=1S/C20H22N2O2/c21-17-8-5-15(6-9-17)7-10-18(23)11-12-20(24)22-14-13-16-3-1-2-4-19(16)22/h1-6,8-9H,7,10-14,21H2. The molecule has 2 aromatic carbocycles. The summed E-state index contributed by atoms with van der Waals surface area (Å²) in [5.41, 5.74) is 9.67. The van der Waals surface area contributed by atoms with E-state index < -0.39 is 0 Å². The van der Waals surface area contributed by atoms with Crippen LogP contribution in [0.1, 0.15) is 30.4 Å². The van der Waals surface area contributed by atoms with Crippen molar-refractivity contribution in [1.82, 2.24) is 0 Å². The van der Waals surface area contributed by atoms with E-state index >= 15 is 0 Å². The minimum atomic E-state index is 0.0424. The van der Waals surface area contributed by atoms with Crippen LogP contribution < -0.4 is 10.6 Å². The lowest BCUT2D eigenvalue weighted by molar-refractivity contribution is -0.123. The molecule has 0 bridgehead atoms. The van der Waals surface area contributed by atoms with Gasteiger partial charge in [0.05, 0.1) is 0 Å². The van der Waals surface area contributed by atoms with Crippen LogP contribution in [-0.2, 0) is 22.4 Å². The number of hydrogen-bond donors (Lipinski definition) is 1. The first-order chi connectivity index (χ1) is 11.6. The van der Waals surface area contributed by atoms with Crippen molar-refractivity contribution in [3.05, 3.63) is 59.7 Å². The van der Waals surface area contributed by atoms with Gasteiger partial charge >= 0.3 is 0 Å². The van der Waals surface area contributed by atoms with Crippen LogP contribution in [0.2, 0.25) is 0 Å². The number of carbonyl (C=O) groups excluding carboxylic acids is 2. The Bertz CT molecular complexity index is 738. The Morgan fingerprint density at radius 1 is 0.958 bits per heavy atom. The fourth-order valence-electron chi connectivity index (χ4n) is 3.07. The lowest BCUT2D eigenvalue weighted by Crippen LogP contribution is -2.29. The molecule has 1 amide bonds. The smallest absolute Gasteiger partial charge is 0.227 e. The molecular weight excluding hydrogens is 300 g/mol. The van der Waals surface area contributed by atoms with Gasteiger partial charge in [-0.2, -0.15) is 0 Å². The lowest BCUT2D eigenvalue weighted by Gasteiger charge is -2.17. The van der Waals surface area contributed by atoms with E-state index in [1.807, 2.05) is 47.4 Å². The van der Waals surface area contributed by atoms with Gasteiger partial charge in [0.25, 0.3) is 0 Å². The Morgan fingerprint density at radius 2 is 1.71 bits per heavy atom. The van der Waals surface area contributed by atoms with Gasteiger partial charge < -0.3 is 10.6 Å². The summed E-state index contributed by atoms with van der Waals surface area (Å²) in [5.74, 6) is 0.174. The number of carbonyl (C=O) groups is 2. The molecule has 124 valence electrons. The molecule has 4 nitrogen and oxygen atoms in total. The van der Waals surface area contributed by atoms with Crippen molar-refractivity contribution in [2.75, 3.05) is 17.2 Å². The van der Waals surface area contributed by atoms with Crippen LogP contribution in [0, 0.1) is 0 Å². The molecule has 0 atom stereocenters. The predicted octanol–water partition coefficient (Wildman–Crippen LogP) is 3.14. The van der Waals surface area contributed by atoms with Crippen LogP contribution in [0.25, 0.3) is 0 Å². The zero-order chi connectivity index (χ0) is 16.9. The Balaban J connectivity index is 1.46. The van der Waals surface area contributed by atoms with E-state index in [4.69, 9.17) is 5.73 Å². The van der Waals surface area contributed by atoms with Gasteiger partial charge in [0.2, 0.25) is 5.91 Å². The number of fused-ring (bicyclic) bond motifs is 1. The summed E-state index contributed by atoms with van der Waals surface area (Å²) in [6.07, 6.45) is 2.65. The third-order valence-electron chi connectivity index (χ3n) is 4.48. The number of nitrogen functional groups attached to an aromatic ring is 1. The molecular formula is C20H22N2O2. The van der Waals surface area contributed by atoms with Crippen LogP contribution in [-0.4, -0.2) is 18.2 Å². The average Bonchev–Trinajstić information content (AvgIpc) is 3.03. The number of para-hydroxylation sites is 1. The number of Topliss-reactive ketones (excluding diaryl/α,β-unsaturated/α-hetero) is 1. The van der Waals surface area contributed by atoms with Crippen LogP contribution in [0.5, 0.6) is 0 Å². The summed E-state index contributed by atoms with van der Waals surface area (Å²) >= 11 is 0. The van der Waals surface area contributed by atoms with Crippen molar-refractivity contribution >= 4 is 23.1 Å². The molecule has 0 aliphatic carbocycles. The van der Waals surface area contributed by atoms with Crippen LogP contribution in [0.3, 0.4) is 0 Å². The van der Waals surface area contributed by atoms with Crippen molar-refractivity contribution in [3.8, 4) is 0 Å². The third-order valence-corrected chi connectivity index (χ3v) is 4.48. The maximum atomic E-state index is 12.4. The van der Waals surface area contributed by atoms with E-state index in [0.29, 0.717) is 19.3 Å². The lowest BCUT2D eigenvalue weighted by atomic mass is 10.0. The molecule has 1 aliphatic rings. The SMILES string of the molecule is Nc1ccc(CCC(=O)CCC(=O)N2CCc3ccccc32)cc1. The molecule has 2 N–H and O–H groups in total. The zero-order valence-corrected chi connectivity index (χ0v) is 13.7. The predicted molar refractivity (Wildman–Crippen MR) is 95.9 cm³/mol. The number of amides is 1. The van der Waals surface area contributed by atoms with E-state index in [-0.39, 0.29) is 18.1 Å². The number of aryl methyl sites for hydroxylation is 1. The van der Waals surface area contributed by atoms with Crippen LogP contribution in [0.4, 0.5) is 11.4 Å². The minimum absolute atomic E-state index is 0.0424. The molecule has 2 aromatic rings. The summed E-state index contributed by atoms with van der Waals surface area (Å²) in [6, 6.07) is 15.5. The normalized spacial score (nSPS) is 12.9. The Morgan fingerprint density at radius 3 is 2.50 bits per heavy atom. The number of benzene rings is 2. The van der Waals surface area contributed by atoms with E-state index in [2.05, 4.69) is 6.07 Å². The van der Waals surface area contributed by atoms with E-state index in [0.717, 1.165) is 29.9 Å². The number of nitrogens with two attached hydrogens (primary N) is 1. The van der Waals surface area contributed by atoms with Gasteiger partial charge in [0.15, 0.2) is 0 Å². The molecule has 0 spiro atoms. The molecule has 24 heavy (non-hydrogen) atoms. The highest BCUT2D eigenvalue weighted by atomic mass is 16.2. The largest absolute Gasteiger partial charge is 0.399 e. The first-order valence-electron chi connectivity index (χ1n) is 8.38. The van der Waals surface area contributed by atoms with Gasteiger partial charge in [-0.3, -0.25) is 9.59 Å². The number of anilines is 2. The summed E-state index contributed by atoms with van der Waals surface area (Å²) in [4.78, 5) is 26.2. The van der Waals surface area contributed by atoms with Crippen molar-refractivity contribution in [3.63, 3.8) is 0 Å². The number of ketones is 1. The topological polar surface area (TPSA) is 63.4 Å². The Labute approximate surface area is 142 Å². The van der Waals surface area contributed by atoms with E-state index in [1.165, 1.54) is 5.56 Å². The van der Waals surface area contributed by atoms with Gasteiger partial charge in [0.1, 0.15) is 5.78 Å². The highest BCUT2D eigenvalue weighted by molar-refractivity contribution is 5.97. The number of hydrogen-bond acceptors (Lipinski definition) is 3. The second-order valence-electron chi connectivity index (χ2n) is 6.20. The van der Waals surface area contributed by atoms with Gasteiger partial charge in [-0.25, -0.2) is 0 Å². The molecule has 0 unspecified atom stereocenters. The quantitative estimate of drug-likeness (QED) is 0.831. The Hall–Kier alpha value is -2.62.